The van der Waals surface area contributed by atoms with Gasteiger partial charge in [0.25, 0.3) is 5.91 Å². The smallest absolute Gasteiger partial charge is 0.355 e. The van der Waals surface area contributed by atoms with Gasteiger partial charge < -0.3 is 14.6 Å². The van der Waals surface area contributed by atoms with Gasteiger partial charge >= 0.3 is 5.97 Å². The molecule has 0 bridgehead atoms. The Morgan fingerprint density at radius 1 is 1.03 bits per heavy atom. The van der Waals surface area contributed by atoms with Crippen LogP contribution >= 0.6 is 0 Å². The zero-order valence-electron chi connectivity index (χ0n) is 16.7. The average Bonchev–Trinajstić information content (AvgIpc) is 2.94. The van der Waals surface area contributed by atoms with Gasteiger partial charge in [-0.1, -0.05) is 30.3 Å². The van der Waals surface area contributed by atoms with E-state index in [9.17, 15) is 14.0 Å². The molecule has 0 aliphatic heterocycles. The van der Waals surface area contributed by atoms with Crippen molar-refractivity contribution in [2.75, 3.05) is 11.9 Å². The number of hydrogen-bond donors (Lipinski definition) is 1. The number of nitrogens with one attached hydrogen (secondary N) is 1. The Balaban J connectivity index is 2.02. The Morgan fingerprint density at radius 3 is 2.31 bits per heavy atom. The first-order chi connectivity index (χ1) is 13.9. The van der Waals surface area contributed by atoms with Crippen LogP contribution in [0.4, 0.5) is 10.1 Å². The molecule has 3 aromatic rings. The third-order valence-corrected chi connectivity index (χ3v) is 4.75. The molecule has 5 nitrogen and oxygen atoms in total. The van der Waals surface area contributed by atoms with Crippen molar-refractivity contribution in [3.05, 3.63) is 88.5 Å². The first-order valence-corrected chi connectivity index (χ1v) is 9.40. The lowest BCUT2D eigenvalue weighted by Crippen LogP contribution is -2.15. The van der Waals surface area contributed by atoms with Crippen molar-refractivity contribution >= 4 is 17.6 Å². The summed E-state index contributed by atoms with van der Waals surface area (Å²) in [6.07, 6.45) is 0. The van der Waals surface area contributed by atoms with Crippen LogP contribution in [0.2, 0.25) is 0 Å². The molecule has 0 saturated carbocycles. The summed E-state index contributed by atoms with van der Waals surface area (Å²) in [4.78, 5) is 25.6. The molecule has 3 rings (SSSR count). The molecular weight excluding hydrogens is 371 g/mol. The molecule has 1 heterocycles. The molecule has 1 aromatic heterocycles. The van der Waals surface area contributed by atoms with Crippen molar-refractivity contribution in [2.24, 2.45) is 0 Å². The summed E-state index contributed by atoms with van der Waals surface area (Å²) in [7, 11) is 0. The molecular formula is C23H23FN2O3. The van der Waals surface area contributed by atoms with Crippen molar-refractivity contribution in [3.63, 3.8) is 0 Å². The number of amides is 1. The minimum atomic E-state index is -0.468. The second-order valence-corrected chi connectivity index (χ2v) is 6.69. The van der Waals surface area contributed by atoms with E-state index in [1.54, 1.807) is 20.8 Å². The Hall–Kier alpha value is -3.41. The van der Waals surface area contributed by atoms with E-state index in [0.717, 1.165) is 5.56 Å². The molecule has 0 spiro atoms. The van der Waals surface area contributed by atoms with Crippen molar-refractivity contribution in [3.8, 4) is 0 Å². The zero-order valence-corrected chi connectivity index (χ0v) is 16.7. The highest BCUT2D eigenvalue weighted by atomic mass is 19.1. The van der Waals surface area contributed by atoms with E-state index in [1.807, 2.05) is 34.9 Å². The van der Waals surface area contributed by atoms with Crippen LogP contribution in [0.3, 0.4) is 0 Å². The lowest BCUT2D eigenvalue weighted by molar-refractivity contribution is 0.0513. The van der Waals surface area contributed by atoms with Crippen LogP contribution < -0.4 is 5.32 Å². The number of benzene rings is 2. The number of ether oxygens (including phenoxy) is 1. The van der Waals surface area contributed by atoms with E-state index in [4.69, 9.17) is 4.74 Å². The number of rotatable bonds is 6. The molecule has 0 atom stereocenters. The first kappa shape index (κ1) is 20.3. The number of anilines is 1. The zero-order chi connectivity index (χ0) is 21.0. The highest BCUT2D eigenvalue weighted by molar-refractivity contribution is 6.08. The summed E-state index contributed by atoms with van der Waals surface area (Å²) in [6, 6.07) is 15.2. The van der Waals surface area contributed by atoms with E-state index in [1.165, 1.54) is 24.3 Å². The van der Waals surface area contributed by atoms with Gasteiger partial charge in [0.15, 0.2) is 0 Å². The molecule has 29 heavy (non-hydrogen) atoms. The Kier molecular flexibility index (Phi) is 6.12. The maximum atomic E-state index is 13.1. The van der Waals surface area contributed by atoms with Crippen LogP contribution in [0.15, 0.2) is 54.6 Å². The second-order valence-electron chi connectivity index (χ2n) is 6.69. The van der Waals surface area contributed by atoms with Crippen molar-refractivity contribution in [1.82, 2.24) is 4.57 Å². The van der Waals surface area contributed by atoms with Crippen molar-refractivity contribution in [2.45, 2.75) is 27.3 Å². The fourth-order valence-corrected chi connectivity index (χ4v) is 3.38. The largest absolute Gasteiger partial charge is 0.461 e. The normalized spacial score (nSPS) is 10.6. The second kappa shape index (κ2) is 8.73. The summed E-state index contributed by atoms with van der Waals surface area (Å²) in [6.45, 7) is 5.96. The minimum absolute atomic E-state index is 0.241. The Morgan fingerprint density at radius 2 is 1.69 bits per heavy atom. The molecule has 150 valence electrons. The lowest BCUT2D eigenvalue weighted by Gasteiger charge is -2.12. The number of esters is 1. The van der Waals surface area contributed by atoms with E-state index in [2.05, 4.69) is 5.32 Å². The molecule has 0 radical (unpaired) electrons. The van der Waals surface area contributed by atoms with Gasteiger partial charge in [-0.25, -0.2) is 9.18 Å². The van der Waals surface area contributed by atoms with Crippen LogP contribution in [0, 0.1) is 19.7 Å². The summed E-state index contributed by atoms with van der Waals surface area (Å²) < 4.78 is 20.2. The predicted octanol–water partition coefficient (Wildman–Crippen LogP) is 4.72. The summed E-state index contributed by atoms with van der Waals surface area (Å²) in [5.74, 6) is -1.21. The van der Waals surface area contributed by atoms with Crippen LogP contribution in [-0.4, -0.2) is 23.1 Å². The standard InChI is InChI=1S/C23H23FN2O3/c1-4-29-23(28)21-15(2)20(22(27)25-19-12-10-18(24)11-13-19)16(3)26(21)14-17-8-6-5-7-9-17/h5-13H,4,14H2,1-3H3,(H,25,27). The Labute approximate surface area is 169 Å². The molecule has 1 N–H and O–H groups in total. The number of carbonyl (C=O) groups is 2. The molecule has 6 heteroatoms. The van der Waals surface area contributed by atoms with Crippen LogP contribution in [-0.2, 0) is 11.3 Å². The maximum Gasteiger partial charge on any atom is 0.355 e. The predicted molar refractivity (Wildman–Crippen MR) is 110 cm³/mol. The summed E-state index contributed by atoms with van der Waals surface area (Å²) >= 11 is 0. The van der Waals surface area contributed by atoms with E-state index in [0.29, 0.717) is 34.7 Å². The third-order valence-electron chi connectivity index (χ3n) is 4.75. The lowest BCUT2D eigenvalue weighted by atomic mass is 10.1. The van der Waals surface area contributed by atoms with Gasteiger partial charge in [0, 0.05) is 17.9 Å². The molecule has 0 aliphatic carbocycles. The maximum absolute atomic E-state index is 13.1. The van der Waals surface area contributed by atoms with Gasteiger partial charge in [0.2, 0.25) is 0 Å². The molecule has 0 saturated heterocycles. The van der Waals surface area contributed by atoms with Gasteiger partial charge in [-0.15, -0.1) is 0 Å². The van der Waals surface area contributed by atoms with Gasteiger partial charge in [0.05, 0.1) is 12.2 Å². The SMILES string of the molecule is CCOC(=O)c1c(C)c(C(=O)Nc2ccc(F)cc2)c(C)n1Cc1ccccc1. The fourth-order valence-electron chi connectivity index (χ4n) is 3.38. The van der Waals surface area contributed by atoms with Crippen LogP contribution in [0.5, 0.6) is 0 Å². The fraction of sp³-hybridized carbons (Fsp3) is 0.217. The van der Waals surface area contributed by atoms with Crippen LogP contribution in [0.25, 0.3) is 0 Å². The number of halogens is 1. The average molecular weight is 394 g/mol. The van der Waals surface area contributed by atoms with E-state index >= 15 is 0 Å². The molecule has 0 unspecified atom stereocenters. The van der Waals surface area contributed by atoms with E-state index < -0.39 is 5.97 Å². The van der Waals surface area contributed by atoms with Gasteiger partial charge in [0.1, 0.15) is 11.5 Å². The summed E-state index contributed by atoms with van der Waals surface area (Å²) in [5.41, 5.74) is 3.46. The number of carbonyl (C=O) groups excluding carboxylic acids is 2. The number of hydrogen-bond acceptors (Lipinski definition) is 3. The van der Waals surface area contributed by atoms with Gasteiger partial charge in [-0.05, 0) is 56.2 Å². The van der Waals surface area contributed by atoms with Crippen molar-refractivity contribution in [1.29, 1.82) is 0 Å². The number of aromatic nitrogens is 1. The minimum Gasteiger partial charge on any atom is -0.461 e. The molecule has 2 aromatic carbocycles. The molecule has 1 amide bonds. The quantitative estimate of drug-likeness (QED) is 0.616. The first-order valence-electron chi connectivity index (χ1n) is 9.40. The third kappa shape index (κ3) is 4.37. The monoisotopic (exact) mass is 394 g/mol. The topological polar surface area (TPSA) is 60.3 Å². The summed E-state index contributed by atoms with van der Waals surface area (Å²) in [5, 5.41) is 2.77. The number of nitrogens with zero attached hydrogens (tertiary/aromatic N) is 1. The van der Waals surface area contributed by atoms with Gasteiger partial charge in [-0.3, -0.25) is 4.79 Å². The van der Waals surface area contributed by atoms with Crippen LogP contribution in [0.1, 0.15) is 44.6 Å². The highest BCUT2D eigenvalue weighted by Crippen LogP contribution is 2.25. The molecule has 0 aliphatic rings. The molecule has 0 fully saturated rings. The van der Waals surface area contributed by atoms with Crippen molar-refractivity contribution < 1.29 is 18.7 Å². The highest BCUT2D eigenvalue weighted by Gasteiger charge is 2.27. The van der Waals surface area contributed by atoms with Gasteiger partial charge in [-0.2, -0.15) is 0 Å². The van der Waals surface area contributed by atoms with E-state index in [-0.39, 0.29) is 18.3 Å². The Bertz CT molecular complexity index is 1020.